The topological polar surface area (TPSA) is 40.5 Å². The molecule has 0 aliphatic carbocycles. The second-order valence-corrected chi connectivity index (χ2v) is 4.98. The van der Waals surface area contributed by atoms with Gasteiger partial charge in [0.2, 0.25) is 0 Å². The van der Waals surface area contributed by atoms with Gasteiger partial charge in [0.1, 0.15) is 0 Å². The van der Waals surface area contributed by atoms with Crippen LogP contribution in [0.3, 0.4) is 0 Å². The van der Waals surface area contributed by atoms with E-state index < -0.39 is 30.5 Å². The molecule has 1 aliphatic heterocycles. The predicted octanol–water partition coefficient (Wildman–Crippen LogP) is 2.23. The lowest BCUT2D eigenvalue weighted by atomic mass is 9.86. The number of hydrogen-bond donors (Lipinski definition) is 1. The van der Waals surface area contributed by atoms with Crippen LogP contribution in [0.1, 0.15) is 6.42 Å². The number of likely N-dealkylation sites (tertiary alicyclic amines) is 1. The fourth-order valence-corrected chi connectivity index (χ4v) is 2.15. The Morgan fingerprint density at radius 2 is 2.12 bits per heavy atom. The van der Waals surface area contributed by atoms with Crippen molar-refractivity contribution in [3.8, 4) is 0 Å². The summed E-state index contributed by atoms with van der Waals surface area (Å²) in [5.74, 6) is -1.80. The molecule has 1 aliphatic rings. The monoisotopic (exact) mass is 301 g/mol. The Kier molecular flexibility index (Phi) is 3.69. The molecular formula is C9H11BrF3NO2. The molecule has 7 heteroatoms. The van der Waals surface area contributed by atoms with Crippen LogP contribution in [0.2, 0.25) is 0 Å². The number of nitrogens with zero attached hydrogens (tertiary/aromatic N) is 1. The summed E-state index contributed by atoms with van der Waals surface area (Å²) in [5.41, 5.74) is -2.63. The third kappa shape index (κ3) is 2.40. The lowest BCUT2D eigenvalue weighted by molar-refractivity contribution is -0.227. The van der Waals surface area contributed by atoms with Crippen molar-refractivity contribution in [1.29, 1.82) is 0 Å². The normalized spacial score (nSPS) is 27.0. The first-order valence-corrected chi connectivity index (χ1v) is 5.34. The molecule has 1 N–H and O–H groups in total. The van der Waals surface area contributed by atoms with Gasteiger partial charge in [-0.2, -0.15) is 13.2 Å². The highest BCUT2D eigenvalue weighted by Crippen LogP contribution is 2.45. The van der Waals surface area contributed by atoms with Crippen molar-refractivity contribution in [2.45, 2.75) is 12.6 Å². The third-order valence-corrected chi connectivity index (χ3v) is 2.95. The van der Waals surface area contributed by atoms with Crippen molar-refractivity contribution < 1.29 is 23.1 Å². The zero-order chi connectivity index (χ0) is 12.6. The minimum absolute atomic E-state index is 0.108. The van der Waals surface area contributed by atoms with E-state index in [1.54, 1.807) is 0 Å². The van der Waals surface area contributed by atoms with Crippen LogP contribution in [-0.4, -0.2) is 41.8 Å². The van der Waals surface area contributed by atoms with Gasteiger partial charge in [-0.25, -0.2) is 0 Å². The maximum atomic E-state index is 12.7. The largest absolute Gasteiger partial charge is 0.481 e. The number of aliphatic carboxylic acids is 1. The molecule has 0 aromatic heterocycles. The summed E-state index contributed by atoms with van der Waals surface area (Å²) in [6.45, 7) is 3.34. The van der Waals surface area contributed by atoms with Crippen LogP contribution in [0.25, 0.3) is 0 Å². The van der Waals surface area contributed by atoms with E-state index in [0.29, 0.717) is 4.48 Å². The molecule has 1 saturated heterocycles. The standard InChI is InChI=1S/C9H11BrF3NO2/c1-6(10)4-14-3-2-8(5-14,7(15)16)9(11,12)13/h1-5H2,(H,15,16). The van der Waals surface area contributed by atoms with E-state index in [0.717, 1.165) is 0 Å². The number of carboxylic acid groups (broad SMARTS) is 1. The van der Waals surface area contributed by atoms with Crippen LogP contribution in [0.5, 0.6) is 0 Å². The Bertz CT molecular complexity index is 318. The molecule has 0 aromatic carbocycles. The van der Waals surface area contributed by atoms with Gasteiger partial charge < -0.3 is 5.11 Å². The number of halogens is 4. The Labute approximate surface area is 99.0 Å². The zero-order valence-electron chi connectivity index (χ0n) is 8.35. The second kappa shape index (κ2) is 4.37. The van der Waals surface area contributed by atoms with Gasteiger partial charge in [-0.05, 0) is 6.42 Å². The number of alkyl halides is 3. The smallest absolute Gasteiger partial charge is 0.406 e. The van der Waals surface area contributed by atoms with E-state index >= 15 is 0 Å². The number of hydrogen-bond acceptors (Lipinski definition) is 2. The van der Waals surface area contributed by atoms with Crippen molar-refractivity contribution >= 4 is 21.9 Å². The summed E-state index contributed by atoms with van der Waals surface area (Å²) in [6, 6.07) is 0. The highest BCUT2D eigenvalue weighted by molar-refractivity contribution is 9.11. The zero-order valence-corrected chi connectivity index (χ0v) is 9.94. The highest BCUT2D eigenvalue weighted by atomic mass is 79.9. The summed E-state index contributed by atoms with van der Waals surface area (Å²) in [6.07, 6.45) is -5.13. The molecule has 0 amide bonds. The number of carboxylic acids is 1. The van der Waals surface area contributed by atoms with Crippen LogP contribution < -0.4 is 0 Å². The van der Waals surface area contributed by atoms with Crippen molar-refractivity contribution in [3.05, 3.63) is 11.1 Å². The Morgan fingerprint density at radius 1 is 1.56 bits per heavy atom. The summed E-state index contributed by atoms with van der Waals surface area (Å²) in [4.78, 5) is 12.2. The van der Waals surface area contributed by atoms with E-state index in [-0.39, 0.29) is 13.1 Å². The molecule has 0 bridgehead atoms. The quantitative estimate of drug-likeness (QED) is 0.869. The van der Waals surface area contributed by atoms with Gasteiger partial charge in [-0.15, -0.1) is 0 Å². The van der Waals surface area contributed by atoms with Crippen molar-refractivity contribution in [1.82, 2.24) is 4.90 Å². The Hall–Kier alpha value is -0.560. The Morgan fingerprint density at radius 3 is 2.44 bits per heavy atom. The van der Waals surface area contributed by atoms with Gasteiger partial charge >= 0.3 is 12.1 Å². The molecule has 1 fully saturated rings. The average molecular weight is 302 g/mol. The first-order valence-electron chi connectivity index (χ1n) is 4.55. The SMILES string of the molecule is C=C(Br)CN1CCC(C(=O)O)(C(F)(F)F)C1. The lowest BCUT2D eigenvalue weighted by Gasteiger charge is -2.27. The van der Waals surface area contributed by atoms with Gasteiger partial charge in [0, 0.05) is 24.1 Å². The molecule has 1 rings (SSSR count). The average Bonchev–Trinajstić information content (AvgIpc) is 2.46. The predicted molar refractivity (Wildman–Crippen MR) is 55.2 cm³/mol. The van der Waals surface area contributed by atoms with E-state index in [1.165, 1.54) is 4.90 Å². The molecule has 0 aromatic rings. The molecule has 92 valence electrons. The molecule has 0 radical (unpaired) electrons. The van der Waals surface area contributed by atoms with Crippen molar-refractivity contribution in [2.24, 2.45) is 5.41 Å². The van der Waals surface area contributed by atoms with Crippen LogP contribution in [0.4, 0.5) is 13.2 Å². The first-order chi connectivity index (χ1) is 7.19. The van der Waals surface area contributed by atoms with Crippen LogP contribution in [0.15, 0.2) is 11.1 Å². The maximum Gasteiger partial charge on any atom is 0.406 e. The maximum absolute atomic E-state index is 12.7. The molecule has 1 unspecified atom stereocenters. The van der Waals surface area contributed by atoms with E-state index in [9.17, 15) is 18.0 Å². The molecule has 0 saturated carbocycles. The van der Waals surface area contributed by atoms with Crippen molar-refractivity contribution in [2.75, 3.05) is 19.6 Å². The van der Waals surface area contributed by atoms with Crippen LogP contribution in [-0.2, 0) is 4.79 Å². The molecular weight excluding hydrogens is 291 g/mol. The van der Waals surface area contributed by atoms with Gasteiger partial charge in [0.15, 0.2) is 5.41 Å². The van der Waals surface area contributed by atoms with E-state index in [4.69, 9.17) is 5.11 Å². The van der Waals surface area contributed by atoms with Crippen molar-refractivity contribution in [3.63, 3.8) is 0 Å². The van der Waals surface area contributed by atoms with Gasteiger partial charge in [-0.1, -0.05) is 22.5 Å². The highest BCUT2D eigenvalue weighted by Gasteiger charge is 2.63. The molecule has 1 heterocycles. The second-order valence-electron chi connectivity index (χ2n) is 3.86. The summed E-state index contributed by atoms with van der Waals surface area (Å²) in [5, 5.41) is 8.77. The summed E-state index contributed by atoms with van der Waals surface area (Å²) in [7, 11) is 0. The lowest BCUT2D eigenvalue weighted by Crippen LogP contribution is -2.47. The van der Waals surface area contributed by atoms with Crippen LogP contribution >= 0.6 is 15.9 Å². The molecule has 16 heavy (non-hydrogen) atoms. The number of carbonyl (C=O) groups is 1. The van der Waals surface area contributed by atoms with Crippen LogP contribution in [0, 0.1) is 5.41 Å². The number of rotatable bonds is 3. The fourth-order valence-electron chi connectivity index (χ4n) is 1.79. The van der Waals surface area contributed by atoms with E-state index in [1.807, 2.05) is 0 Å². The molecule has 3 nitrogen and oxygen atoms in total. The third-order valence-electron chi connectivity index (χ3n) is 2.70. The Balaban J connectivity index is 2.86. The summed E-state index contributed by atoms with van der Waals surface area (Å²) < 4.78 is 38.7. The van der Waals surface area contributed by atoms with E-state index in [2.05, 4.69) is 22.5 Å². The summed E-state index contributed by atoms with van der Waals surface area (Å²) >= 11 is 3.04. The molecule has 1 atom stereocenters. The molecule has 0 spiro atoms. The van der Waals surface area contributed by atoms with Gasteiger partial charge in [0.05, 0.1) is 0 Å². The van der Waals surface area contributed by atoms with Gasteiger partial charge in [-0.3, -0.25) is 9.69 Å². The van der Waals surface area contributed by atoms with Gasteiger partial charge in [0.25, 0.3) is 0 Å². The minimum Gasteiger partial charge on any atom is -0.481 e. The minimum atomic E-state index is -4.72. The first kappa shape index (κ1) is 13.5. The fraction of sp³-hybridized carbons (Fsp3) is 0.667.